The third kappa shape index (κ3) is 6.33. The average Bonchev–Trinajstić information content (AvgIpc) is 3.47. The van der Waals surface area contributed by atoms with Crippen LogP contribution in [0.4, 0.5) is 0 Å². The van der Waals surface area contributed by atoms with Crippen LogP contribution in [0.5, 0.6) is 11.5 Å². The van der Waals surface area contributed by atoms with Crippen molar-refractivity contribution in [3.8, 4) is 11.5 Å². The van der Waals surface area contributed by atoms with Crippen molar-refractivity contribution >= 4 is 5.91 Å². The highest BCUT2D eigenvalue weighted by Crippen LogP contribution is 2.41. The van der Waals surface area contributed by atoms with E-state index in [0.29, 0.717) is 25.9 Å². The van der Waals surface area contributed by atoms with Crippen molar-refractivity contribution in [3.63, 3.8) is 0 Å². The number of fused-ring (bicyclic) bond motifs is 1. The highest BCUT2D eigenvalue weighted by Gasteiger charge is 2.35. The first kappa shape index (κ1) is 22.8. The largest absolute Gasteiger partial charge is 0.490 e. The summed E-state index contributed by atoms with van der Waals surface area (Å²) in [6.07, 6.45) is 3.96. The summed E-state index contributed by atoms with van der Waals surface area (Å²) in [4.78, 5) is 14.1. The molecule has 2 aliphatic heterocycles. The van der Waals surface area contributed by atoms with E-state index in [0.717, 1.165) is 69.0 Å². The number of carbonyl (C=O) groups is 1. The maximum Gasteiger partial charge on any atom is 0.220 e. The second kappa shape index (κ2) is 11.5. The summed E-state index contributed by atoms with van der Waals surface area (Å²) in [7, 11) is 1.69. The van der Waals surface area contributed by atoms with E-state index in [-0.39, 0.29) is 11.9 Å². The molecule has 0 bridgehead atoms. The summed E-state index contributed by atoms with van der Waals surface area (Å²) in [5.41, 5.74) is 2.31. The summed E-state index contributed by atoms with van der Waals surface area (Å²) in [5.74, 6) is 1.80. The molecule has 1 N–H and O–H groups in total. The molecule has 7 heteroatoms. The Labute approximate surface area is 180 Å². The van der Waals surface area contributed by atoms with Crippen molar-refractivity contribution in [2.45, 2.75) is 51.6 Å². The number of morpholine rings is 1. The Morgan fingerprint density at radius 1 is 1.23 bits per heavy atom. The molecule has 2 heterocycles. The lowest BCUT2D eigenvalue weighted by Gasteiger charge is -2.29. The van der Waals surface area contributed by atoms with E-state index in [1.165, 1.54) is 5.56 Å². The van der Waals surface area contributed by atoms with Crippen molar-refractivity contribution in [2.24, 2.45) is 0 Å². The minimum Gasteiger partial charge on any atom is -0.490 e. The molecule has 1 saturated carbocycles. The fourth-order valence-corrected chi connectivity index (χ4v) is 3.91. The highest BCUT2D eigenvalue weighted by atomic mass is 16.5. The van der Waals surface area contributed by atoms with Crippen LogP contribution in [0.3, 0.4) is 0 Å². The molecule has 1 unspecified atom stereocenters. The van der Waals surface area contributed by atoms with E-state index in [1.54, 1.807) is 14.0 Å². The number of amides is 1. The lowest BCUT2D eigenvalue weighted by Crippen LogP contribution is -2.33. The first-order chi connectivity index (χ1) is 14.6. The van der Waals surface area contributed by atoms with Gasteiger partial charge in [0.15, 0.2) is 11.5 Å². The minimum absolute atomic E-state index is 0.0576. The average molecular weight is 421 g/mol. The molecule has 3 aliphatic rings. The first-order valence-corrected chi connectivity index (χ1v) is 11.1. The molecule has 1 amide bonds. The minimum atomic E-state index is 0.0576. The summed E-state index contributed by atoms with van der Waals surface area (Å²) in [5, 5.41) is 3.16. The molecule has 0 spiro atoms. The normalized spacial score (nSPS) is 18.5. The second-order valence-corrected chi connectivity index (χ2v) is 8.00. The van der Waals surface area contributed by atoms with Crippen LogP contribution in [0.1, 0.15) is 50.3 Å². The SMILES string of the molecule is C1COCCN1.COCCCOc1cc(C(C)N(C(C)=O)C2CC2)cc2c1OCC2. The van der Waals surface area contributed by atoms with Gasteiger partial charge in [-0.1, -0.05) is 0 Å². The molecular weight excluding hydrogens is 384 g/mol. The van der Waals surface area contributed by atoms with Gasteiger partial charge in [-0.2, -0.15) is 0 Å². The molecule has 2 fully saturated rings. The van der Waals surface area contributed by atoms with Crippen LogP contribution < -0.4 is 14.8 Å². The zero-order valence-corrected chi connectivity index (χ0v) is 18.6. The fourth-order valence-electron chi connectivity index (χ4n) is 3.91. The van der Waals surface area contributed by atoms with Crippen molar-refractivity contribution < 1.29 is 23.7 Å². The number of methoxy groups -OCH3 is 1. The molecule has 0 radical (unpaired) electrons. The number of rotatable bonds is 8. The Morgan fingerprint density at radius 2 is 2.00 bits per heavy atom. The van der Waals surface area contributed by atoms with Crippen LogP contribution in [0.15, 0.2) is 12.1 Å². The van der Waals surface area contributed by atoms with Gasteiger partial charge in [0.05, 0.1) is 32.5 Å². The number of ether oxygens (including phenoxy) is 4. The van der Waals surface area contributed by atoms with Gasteiger partial charge in [-0.3, -0.25) is 4.79 Å². The fraction of sp³-hybridized carbons (Fsp3) is 0.696. The summed E-state index contributed by atoms with van der Waals surface area (Å²) < 4.78 is 21.8. The third-order valence-electron chi connectivity index (χ3n) is 5.57. The van der Waals surface area contributed by atoms with Crippen molar-refractivity contribution in [1.82, 2.24) is 10.2 Å². The third-order valence-corrected chi connectivity index (χ3v) is 5.57. The van der Waals surface area contributed by atoms with Gasteiger partial charge >= 0.3 is 0 Å². The van der Waals surface area contributed by atoms with Crippen LogP contribution in [-0.4, -0.2) is 70.1 Å². The molecule has 1 aliphatic carbocycles. The zero-order chi connectivity index (χ0) is 21.3. The summed E-state index contributed by atoms with van der Waals surface area (Å²) in [6.45, 7) is 9.57. The number of nitrogens with one attached hydrogen (secondary N) is 1. The molecule has 30 heavy (non-hydrogen) atoms. The lowest BCUT2D eigenvalue weighted by molar-refractivity contribution is -0.131. The molecule has 1 aromatic carbocycles. The van der Waals surface area contributed by atoms with Gasteiger partial charge in [-0.05, 0) is 37.5 Å². The van der Waals surface area contributed by atoms with Crippen LogP contribution >= 0.6 is 0 Å². The molecule has 168 valence electrons. The lowest BCUT2D eigenvalue weighted by atomic mass is 10.0. The topological polar surface area (TPSA) is 69.3 Å². The maximum atomic E-state index is 12.1. The van der Waals surface area contributed by atoms with Crippen LogP contribution in [0.25, 0.3) is 0 Å². The van der Waals surface area contributed by atoms with E-state index >= 15 is 0 Å². The molecule has 0 aromatic heterocycles. The Bertz CT molecular complexity index is 677. The van der Waals surface area contributed by atoms with Gasteiger partial charge in [0.25, 0.3) is 0 Å². The Hall–Kier alpha value is -1.83. The van der Waals surface area contributed by atoms with E-state index in [9.17, 15) is 4.79 Å². The highest BCUT2D eigenvalue weighted by molar-refractivity contribution is 5.74. The maximum absolute atomic E-state index is 12.1. The first-order valence-electron chi connectivity index (χ1n) is 11.1. The van der Waals surface area contributed by atoms with Gasteiger partial charge < -0.3 is 29.2 Å². The number of benzene rings is 1. The number of nitrogens with zero attached hydrogens (tertiary/aromatic N) is 1. The Kier molecular flexibility index (Phi) is 8.78. The Morgan fingerprint density at radius 3 is 2.57 bits per heavy atom. The van der Waals surface area contributed by atoms with Crippen molar-refractivity contribution in [3.05, 3.63) is 23.3 Å². The second-order valence-electron chi connectivity index (χ2n) is 8.00. The smallest absolute Gasteiger partial charge is 0.220 e. The van der Waals surface area contributed by atoms with Crippen LogP contribution in [0, 0.1) is 0 Å². The van der Waals surface area contributed by atoms with Gasteiger partial charge in [-0.25, -0.2) is 0 Å². The van der Waals surface area contributed by atoms with E-state index in [2.05, 4.69) is 18.3 Å². The van der Waals surface area contributed by atoms with Crippen LogP contribution in [-0.2, 0) is 20.7 Å². The number of carbonyl (C=O) groups excluding carboxylic acids is 1. The van der Waals surface area contributed by atoms with Gasteiger partial charge in [-0.15, -0.1) is 0 Å². The predicted octanol–water partition coefficient (Wildman–Crippen LogP) is 2.71. The van der Waals surface area contributed by atoms with Gasteiger partial charge in [0.1, 0.15) is 0 Å². The number of hydrogen-bond acceptors (Lipinski definition) is 6. The molecular formula is C23H36N2O5. The quantitative estimate of drug-likeness (QED) is 0.652. The standard InChI is InChI=1S/C19H27NO4.C4H9NO/c1-13(20(14(2)21)17-5-6-17)16-11-15-7-10-24-19(15)18(12-16)23-9-4-8-22-3;1-3-6-4-2-5-1/h11-13,17H,4-10H2,1-3H3;5H,1-4H2. The van der Waals surface area contributed by atoms with Crippen LogP contribution in [0.2, 0.25) is 0 Å². The zero-order valence-electron chi connectivity index (χ0n) is 18.6. The predicted molar refractivity (Wildman–Crippen MR) is 115 cm³/mol. The molecule has 4 rings (SSSR count). The summed E-state index contributed by atoms with van der Waals surface area (Å²) in [6, 6.07) is 4.67. The van der Waals surface area contributed by atoms with Gasteiger partial charge in [0.2, 0.25) is 5.91 Å². The van der Waals surface area contributed by atoms with E-state index < -0.39 is 0 Å². The van der Waals surface area contributed by atoms with Crippen molar-refractivity contribution in [2.75, 3.05) is 53.2 Å². The molecule has 1 aromatic rings. The molecule has 1 saturated heterocycles. The van der Waals surface area contributed by atoms with E-state index in [4.69, 9.17) is 18.9 Å². The monoisotopic (exact) mass is 420 g/mol. The molecule has 7 nitrogen and oxygen atoms in total. The number of hydrogen-bond donors (Lipinski definition) is 1. The van der Waals surface area contributed by atoms with Crippen molar-refractivity contribution in [1.29, 1.82) is 0 Å². The molecule has 1 atom stereocenters. The van der Waals surface area contributed by atoms with E-state index in [1.807, 2.05) is 11.0 Å². The summed E-state index contributed by atoms with van der Waals surface area (Å²) >= 11 is 0. The van der Waals surface area contributed by atoms with Gasteiger partial charge in [0, 0.05) is 58.2 Å². The Balaban J connectivity index is 0.000000367.